The Labute approximate surface area is 159 Å². The highest BCUT2D eigenvalue weighted by atomic mass is 16.5. The first-order valence-corrected chi connectivity index (χ1v) is 9.29. The van der Waals surface area contributed by atoms with Gasteiger partial charge in [-0.1, -0.05) is 30.3 Å². The number of ether oxygens (including phenoxy) is 2. The third kappa shape index (κ3) is 4.67. The Kier molecular flexibility index (Phi) is 6.12. The summed E-state index contributed by atoms with van der Waals surface area (Å²) in [5.41, 5.74) is 4.16. The first-order chi connectivity index (χ1) is 13.1. The Morgan fingerprint density at radius 2 is 1.81 bits per heavy atom. The maximum absolute atomic E-state index is 12.2. The molecule has 142 valence electrons. The number of hydrogen-bond acceptors (Lipinski definition) is 4. The highest BCUT2D eigenvalue weighted by Crippen LogP contribution is 2.24. The fraction of sp³-hybridized carbons (Fsp3) is 0.364. The zero-order valence-corrected chi connectivity index (χ0v) is 15.8. The number of carbonyl (C=O) groups excluding carboxylic acids is 2. The summed E-state index contributed by atoms with van der Waals surface area (Å²) in [5, 5.41) is 2.89. The van der Waals surface area contributed by atoms with Crippen LogP contribution in [0.5, 0.6) is 5.75 Å². The van der Waals surface area contributed by atoms with Crippen molar-refractivity contribution in [2.75, 3.05) is 13.7 Å². The molecule has 1 N–H and O–H groups in total. The van der Waals surface area contributed by atoms with Gasteiger partial charge in [-0.3, -0.25) is 4.79 Å². The molecule has 2 aromatic rings. The lowest BCUT2D eigenvalue weighted by atomic mass is 9.89. The second kappa shape index (κ2) is 8.71. The Bertz CT molecular complexity index is 831. The van der Waals surface area contributed by atoms with Crippen LogP contribution in [0, 0.1) is 0 Å². The Hall–Kier alpha value is -2.82. The Morgan fingerprint density at radius 3 is 2.59 bits per heavy atom. The second-order valence-corrected chi connectivity index (χ2v) is 6.80. The van der Waals surface area contributed by atoms with Gasteiger partial charge in [0.15, 0.2) is 6.61 Å². The molecule has 2 aromatic carbocycles. The number of fused-ring (bicyclic) bond motifs is 1. The number of amides is 1. The molecule has 0 fully saturated rings. The van der Waals surface area contributed by atoms with E-state index in [4.69, 9.17) is 9.47 Å². The van der Waals surface area contributed by atoms with E-state index < -0.39 is 5.97 Å². The quantitative estimate of drug-likeness (QED) is 0.792. The van der Waals surface area contributed by atoms with Crippen LogP contribution in [-0.2, 0) is 22.4 Å². The SMILES string of the molecule is COc1ccccc1C(=O)OCC(=O)N[C@H](C)c1ccc2c(c1)CCCC2. The maximum atomic E-state index is 12.2. The third-order valence-electron chi connectivity index (χ3n) is 4.91. The van der Waals surface area contributed by atoms with Gasteiger partial charge in [0.2, 0.25) is 0 Å². The molecule has 3 rings (SSSR count). The average molecular weight is 367 g/mol. The summed E-state index contributed by atoms with van der Waals surface area (Å²) in [6.45, 7) is 1.61. The van der Waals surface area contributed by atoms with Gasteiger partial charge in [0.05, 0.1) is 13.2 Å². The number of hydrogen-bond donors (Lipinski definition) is 1. The van der Waals surface area contributed by atoms with E-state index in [1.54, 1.807) is 24.3 Å². The maximum Gasteiger partial charge on any atom is 0.342 e. The molecule has 0 aromatic heterocycles. The molecule has 5 nitrogen and oxygen atoms in total. The van der Waals surface area contributed by atoms with Crippen molar-refractivity contribution in [2.45, 2.75) is 38.6 Å². The number of esters is 1. The van der Waals surface area contributed by atoms with Crippen LogP contribution in [0.2, 0.25) is 0 Å². The fourth-order valence-corrected chi connectivity index (χ4v) is 3.41. The van der Waals surface area contributed by atoms with Crippen LogP contribution in [0.25, 0.3) is 0 Å². The van der Waals surface area contributed by atoms with Gasteiger partial charge in [0.1, 0.15) is 11.3 Å². The monoisotopic (exact) mass is 367 g/mol. The third-order valence-corrected chi connectivity index (χ3v) is 4.91. The van der Waals surface area contributed by atoms with Crippen molar-refractivity contribution in [1.82, 2.24) is 5.32 Å². The summed E-state index contributed by atoms with van der Waals surface area (Å²) in [6, 6.07) is 13.0. The van der Waals surface area contributed by atoms with Crippen molar-refractivity contribution in [3.8, 4) is 5.75 Å². The van der Waals surface area contributed by atoms with E-state index in [2.05, 4.69) is 23.5 Å². The summed E-state index contributed by atoms with van der Waals surface area (Å²) < 4.78 is 10.3. The standard InChI is InChI=1S/C22H25NO4/c1-15(17-12-11-16-7-3-4-8-18(16)13-17)23-21(24)14-27-22(25)19-9-5-6-10-20(19)26-2/h5-6,9-13,15H,3-4,7-8,14H2,1-2H3,(H,23,24)/t15-/m1/s1. The summed E-state index contributed by atoms with van der Waals surface area (Å²) >= 11 is 0. The number of rotatable bonds is 6. The summed E-state index contributed by atoms with van der Waals surface area (Å²) in [6.07, 6.45) is 4.70. The molecule has 0 aliphatic heterocycles. The molecule has 5 heteroatoms. The average Bonchev–Trinajstić information content (AvgIpc) is 2.71. The van der Waals surface area contributed by atoms with Crippen LogP contribution in [0.3, 0.4) is 0 Å². The van der Waals surface area contributed by atoms with E-state index >= 15 is 0 Å². The van der Waals surface area contributed by atoms with E-state index in [0.717, 1.165) is 18.4 Å². The van der Waals surface area contributed by atoms with Crippen molar-refractivity contribution in [1.29, 1.82) is 0 Å². The smallest absolute Gasteiger partial charge is 0.342 e. The van der Waals surface area contributed by atoms with Crippen LogP contribution >= 0.6 is 0 Å². The number of benzene rings is 2. The van der Waals surface area contributed by atoms with Gasteiger partial charge in [-0.2, -0.15) is 0 Å². The van der Waals surface area contributed by atoms with Crippen LogP contribution in [-0.4, -0.2) is 25.6 Å². The highest BCUT2D eigenvalue weighted by molar-refractivity contribution is 5.94. The lowest BCUT2D eigenvalue weighted by Gasteiger charge is -2.20. The molecule has 1 aliphatic rings. The predicted octanol–water partition coefficient (Wildman–Crippen LogP) is 3.61. The minimum Gasteiger partial charge on any atom is -0.496 e. The number of para-hydroxylation sites is 1. The Morgan fingerprint density at radius 1 is 1.07 bits per heavy atom. The summed E-state index contributed by atoms with van der Waals surface area (Å²) in [7, 11) is 1.49. The minimum atomic E-state index is -0.580. The van der Waals surface area contributed by atoms with Crippen LogP contribution in [0.4, 0.5) is 0 Å². The van der Waals surface area contributed by atoms with E-state index in [1.807, 2.05) is 6.92 Å². The van der Waals surface area contributed by atoms with Gasteiger partial charge in [-0.15, -0.1) is 0 Å². The molecule has 0 spiro atoms. The van der Waals surface area contributed by atoms with Crippen molar-refractivity contribution in [3.63, 3.8) is 0 Å². The lowest BCUT2D eigenvalue weighted by molar-refractivity contribution is -0.124. The van der Waals surface area contributed by atoms with Crippen LogP contribution in [0.15, 0.2) is 42.5 Å². The van der Waals surface area contributed by atoms with Crippen molar-refractivity contribution < 1.29 is 19.1 Å². The topological polar surface area (TPSA) is 64.6 Å². The molecule has 1 amide bonds. The number of aryl methyl sites for hydroxylation is 2. The number of carbonyl (C=O) groups is 2. The van der Waals surface area contributed by atoms with Gasteiger partial charge in [0, 0.05) is 0 Å². The van der Waals surface area contributed by atoms with Gasteiger partial charge in [-0.25, -0.2) is 4.79 Å². The Balaban J connectivity index is 1.55. The molecular weight excluding hydrogens is 342 g/mol. The van der Waals surface area contributed by atoms with E-state index in [0.29, 0.717) is 11.3 Å². The molecule has 0 unspecified atom stereocenters. The molecule has 0 saturated carbocycles. The van der Waals surface area contributed by atoms with E-state index in [-0.39, 0.29) is 18.6 Å². The van der Waals surface area contributed by atoms with Gasteiger partial charge >= 0.3 is 5.97 Å². The molecule has 0 saturated heterocycles. The molecule has 27 heavy (non-hydrogen) atoms. The fourth-order valence-electron chi connectivity index (χ4n) is 3.41. The summed E-state index contributed by atoms with van der Waals surface area (Å²) in [5.74, 6) is -0.488. The zero-order chi connectivity index (χ0) is 19.2. The second-order valence-electron chi connectivity index (χ2n) is 6.80. The van der Waals surface area contributed by atoms with Crippen molar-refractivity contribution in [3.05, 3.63) is 64.7 Å². The van der Waals surface area contributed by atoms with Crippen LogP contribution < -0.4 is 10.1 Å². The van der Waals surface area contributed by atoms with Gasteiger partial charge in [0.25, 0.3) is 5.91 Å². The normalized spacial score (nSPS) is 14.0. The lowest BCUT2D eigenvalue weighted by Crippen LogP contribution is -2.31. The van der Waals surface area contributed by atoms with Crippen molar-refractivity contribution in [2.24, 2.45) is 0 Å². The molecule has 0 radical (unpaired) electrons. The van der Waals surface area contributed by atoms with Crippen molar-refractivity contribution >= 4 is 11.9 Å². The number of methoxy groups -OCH3 is 1. The molecule has 1 atom stereocenters. The molecule has 0 heterocycles. The van der Waals surface area contributed by atoms with Crippen LogP contribution in [0.1, 0.15) is 52.9 Å². The van der Waals surface area contributed by atoms with E-state index in [1.165, 1.54) is 31.1 Å². The minimum absolute atomic E-state index is 0.144. The van der Waals surface area contributed by atoms with E-state index in [9.17, 15) is 9.59 Å². The van der Waals surface area contributed by atoms with Gasteiger partial charge in [-0.05, 0) is 61.4 Å². The largest absolute Gasteiger partial charge is 0.496 e. The molecular formula is C22H25NO4. The predicted molar refractivity (Wildman–Crippen MR) is 103 cm³/mol. The zero-order valence-electron chi connectivity index (χ0n) is 15.8. The highest BCUT2D eigenvalue weighted by Gasteiger charge is 2.17. The van der Waals surface area contributed by atoms with Gasteiger partial charge < -0.3 is 14.8 Å². The number of nitrogens with one attached hydrogen (secondary N) is 1. The first kappa shape index (κ1) is 19.0. The molecule has 0 bridgehead atoms. The summed E-state index contributed by atoms with van der Waals surface area (Å²) in [4.78, 5) is 24.3. The first-order valence-electron chi connectivity index (χ1n) is 9.29. The molecule has 1 aliphatic carbocycles.